The minimum Gasteiger partial charge on any atom is -0.494 e. The fourth-order valence-electron chi connectivity index (χ4n) is 2.62. The number of hydrogen-bond donors (Lipinski definition) is 1. The Bertz CT molecular complexity index is 889. The molecule has 0 unspecified atom stereocenters. The number of rotatable bonds is 9. The molecule has 2 aromatic carbocycles. The second kappa shape index (κ2) is 9.90. The lowest BCUT2D eigenvalue weighted by Gasteiger charge is -2.05. The molecule has 0 aliphatic carbocycles. The first-order valence-corrected chi connectivity index (χ1v) is 10.3. The van der Waals surface area contributed by atoms with Crippen LogP contribution in [-0.4, -0.2) is 24.1 Å². The van der Waals surface area contributed by atoms with E-state index >= 15 is 0 Å². The lowest BCUT2D eigenvalue weighted by Crippen LogP contribution is -2.14. The standard InChI is InChI=1S/C22H24N2O3S/c1-3-13-27-19-11-7-17(8-12-19)20-15-28-22(23-20)24-21(25)14-16-5-9-18(10-6-16)26-4-2/h5-12,15H,3-4,13-14H2,1-2H3,(H,23,24,25). The van der Waals surface area contributed by atoms with E-state index in [1.165, 1.54) is 11.3 Å². The third kappa shape index (κ3) is 5.57. The number of hydrogen-bond acceptors (Lipinski definition) is 5. The lowest BCUT2D eigenvalue weighted by atomic mass is 10.1. The van der Waals surface area contributed by atoms with Crippen LogP contribution >= 0.6 is 11.3 Å². The molecule has 1 aromatic heterocycles. The summed E-state index contributed by atoms with van der Waals surface area (Å²) in [5.41, 5.74) is 2.76. The van der Waals surface area contributed by atoms with Crippen LogP contribution in [0.3, 0.4) is 0 Å². The highest BCUT2D eigenvalue weighted by molar-refractivity contribution is 7.14. The molecule has 146 valence electrons. The summed E-state index contributed by atoms with van der Waals surface area (Å²) in [6, 6.07) is 15.4. The van der Waals surface area contributed by atoms with Crippen molar-refractivity contribution in [3.8, 4) is 22.8 Å². The van der Waals surface area contributed by atoms with Crippen LogP contribution in [0.25, 0.3) is 11.3 Å². The maximum atomic E-state index is 12.3. The van der Waals surface area contributed by atoms with Crippen LogP contribution in [0.15, 0.2) is 53.9 Å². The number of amides is 1. The number of thiazole rings is 1. The molecule has 28 heavy (non-hydrogen) atoms. The van der Waals surface area contributed by atoms with Crippen LogP contribution in [0.5, 0.6) is 11.5 Å². The summed E-state index contributed by atoms with van der Waals surface area (Å²) in [6.07, 6.45) is 1.28. The van der Waals surface area contributed by atoms with Gasteiger partial charge in [-0.15, -0.1) is 11.3 Å². The maximum absolute atomic E-state index is 12.3. The van der Waals surface area contributed by atoms with Gasteiger partial charge in [0, 0.05) is 10.9 Å². The molecule has 0 fully saturated rings. The van der Waals surface area contributed by atoms with E-state index in [2.05, 4.69) is 17.2 Å². The zero-order chi connectivity index (χ0) is 19.8. The molecule has 1 heterocycles. The highest BCUT2D eigenvalue weighted by atomic mass is 32.1. The van der Waals surface area contributed by atoms with Crippen molar-refractivity contribution in [1.82, 2.24) is 4.98 Å². The summed E-state index contributed by atoms with van der Waals surface area (Å²) in [6.45, 7) is 5.36. The van der Waals surface area contributed by atoms with Gasteiger partial charge in [0.2, 0.25) is 5.91 Å². The van der Waals surface area contributed by atoms with Gasteiger partial charge in [0.1, 0.15) is 11.5 Å². The highest BCUT2D eigenvalue weighted by Gasteiger charge is 2.09. The SMILES string of the molecule is CCCOc1ccc(-c2csc(NC(=O)Cc3ccc(OCC)cc3)n2)cc1. The largest absolute Gasteiger partial charge is 0.494 e. The molecule has 0 saturated carbocycles. The summed E-state index contributed by atoms with van der Waals surface area (Å²) in [7, 11) is 0. The van der Waals surface area contributed by atoms with Gasteiger partial charge in [0.05, 0.1) is 25.3 Å². The second-order valence-electron chi connectivity index (χ2n) is 6.21. The number of ether oxygens (including phenoxy) is 2. The van der Waals surface area contributed by atoms with Crippen LogP contribution in [-0.2, 0) is 11.2 Å². The molecule has 0 atom stereocenters. The Morgan fingerprint density at radius 1 is 1.00 bits per heavy atom. The minimum absolute atomic E-state index is 0.0895. The van der Waals surface area contributed by atoms with E-state index < -0.39 is 0 Å². The fourth-order valence-corrected chi connectivity index (χ4v) is 3.36. The first-order valence-electron chi connectivity index (χ1n) is 9.38. The van der Waals surface area contributed by atoms with E-state index in [0.29, 0.717) is 24.8 Å². The number of aromatic nitrogens is 1. The van der Waals surface area contributed by atoms with Crippen molar-refractivity contribution < 1.29 is 14.3 Å². The molecule has 1 N–H and O–H groups in total. The Morgan fingerprint density at radius 3 is 2.36 bits per heavy atom. The average molecular weight is 397 g/mol. The van der Waals surface area contributed by atoms with Gasteiger partial charge in [-0.3, -0.25) is 4.79 Å². The number of benzene rings is 2. The lowest BCUT2D eigenvalue weighted by molar-refractivity contribution is -0.115. The number of anilines is 1. The summed E-state index contributed by atoms with van der Waals surface area (Å²) in [4.78, 5) is 16.8. The number of carbonyl (C=O) groups excluding carboxylic acids is 1. The van der Waals surface area contributed by atoms with Crippen molar-refractivity contribution in [2.75, 3.05) is 18.5 Å². The molecule has 0 spiro atoms. The van der Waals surface area contributed by atoms with E-state index in [1.54, 1.807) is 0 Å². The second-order valence-corrected chi connectivity index (χ2v) is 7.07. The topological polar surface area (TPSA) is 60.5 Å². The number of nitrogens with zero attached hydrogens (tertiary/aromatic N) is 1. The minimum atomic E-state index is -0.0895. The Balaban J connectivity index is 1.57. The summed E-state index contributed by atoms with van der Waals surface area (Å²) >= 11 is 1.42. The fraction of sp³-hybridized carbons (Fsp3) is 0.273. The molecular weight excluding hydrogens is 372 g/mol. The predicted molar refractivity (Wildman–Crippen MR) is 113 cm³/mol. The van der Waals surface area contributed by atoms with Gasteiger partial charge in [0.15, 0.2) is 5.13 Å². The first kappa shape index (κ1) is 19.9. The van der Waals surface area contributed by atoms with Crippen LogP contribution in [0.2, 0.25) is 0 Å². The zero-order valence-corrected chi connectivity index (χ0v) is 16.9. The molecule has 0 radical (unpaired) electrons. The van der Waals surface area contributed by atoms with E-state index in [9.17, 15) is 4.79 Å². The van der Waals surface area contributed by atoms with Gasteiger partial charge < -0.3 is 14.8 Å². The quantitative estimate of drug-likeness (QED) is 0.541. The number of carbonyl (C=O) groups is 1. The Morgan fingerprint density at radius 2 is 1.68 bits per heavy atom. The Kier molecular flexibility index (Phi) is 7.03. The normalized spacial score (nSPS) is 10.5. The van der Waals surface area contributed by atoms with Crippen molar-refractivity contribution in [2.24, 2.45) is 0 Å². The molecule has 5 nitrogen and oxygen atoms in total. The van der Waals surface area contributed by atoms with E-state index in [4.69, 9.17) is 9.47 Å². The maximum Gasteiger partial charge on any atom is 0.230 e. The summed E-state index contributed by atoms with van der Waals surface area (Å²) < 4.78 is 11.0. The van der Waals surface area contributed by atoms with Crippen LogP contribution in [0.1, 0.15) is 25.8 Å². The van der Waals surface area contributed by atoms with Gasteiger partial charge in [-0.25, -0.2) is 4.98 Å². The van der Waals surface area contributed by atoms with E-state index in [1.807, 2.05) is 60.8 Å². The predicted octanol–water partition coefficient (Wildman–Crippen LogP) is 5.18. The molecule has 1 amide bonds. The van der Waals surface area contributed by atoms with Crippen LogP contribution in [0, 0.1) is 0 Å². The molecule has 3 aromatic rings. The van der Waals surface area contributed by atoms with Crippen molar-refractivity contribution in [3.63, 3.8) is 0 Å². The molecular formula is C22H24N2O3S. The summed E-state index contributed by atoms with van der Waals surface area (Å²) in [5.74, 6) is 1.57. The smallest absolute Gasteiger partial charge is 0.230 e. The van der Waals surface area contributed by atoms with Crippen LogP contribution < -0.4 is 14.8 Å². The van der Waals surface area contributed by atoms with Gasteiger partial charge >= 0.3 is 0 Å². The van der Waals surface area contributed by atoms with Crippen molar-refractivity contribution >= 4 is 22.4 Å². The molecule has 0 aliphatic rings. The van der Waals surface area contributed by atoms with Gasteiger partial charge in [-0.2, -0.15) is 0 Å². The van der Waals surface area contributed by atoms with Gasteiger partial charge in [-0.05, 0) is 55.3 Å². The van der Waals surface area contributed by atoms with Crippen LogP contribution in [0.4, 0.5) is 5.13 Å². The summed E-state index contributed by atoms with van der Waals surface area (Å²) in [5, 5.41) is 5.41. The highest BCUT2D eigenvalue weighted by Crippen LogP contribution is 2.26. The molecule has 3 rings (SSSR count). The zero-order valence-electron chi connectivity index (χ0n) is 16.1. The third-order valence-corrected chi connectivity index (χ3v) is 4.73. The van der Waals surface area contributed by atoms with Gasteiger partial charge in [0.25, 0.3) is 0 Å². The van der Waals surface area contributed by atoms with Crippen molar-refractivity contribution in [3.05, 3.63) is 59.5 Å². The number of nitrogens with one attached hydrogen (secondary N) is 1. The monoisotopic (exact) mass is 396 g/mol. The molecule has 0 bridgehead atoms. The molecule has 0 aliphatic heterocycles. The Hall–Kier alpha value is -2.86. The van der Waals surface area contributed by atoms with Crippen molar-refractivity contribution in [1.29, 1.82) is 0 Å². The third-order valence-electron chi connectivity index (χ3n) is 3.97. The first-order chi connectivity index (χ1) is 13.7. The molecule has 6 heteroatoms. The van der Waals surface area contributed by atoms with Crippen molar-refractivity contribution in [2.45, 2.75) is 26.7 Å². The van der Waals surface area contributed by atoms with E-state index in [-0.39, 0.29) is 5.91 Å². The Labute approximate surface area is 169 Å². The average Bonchev–Trinajstić information content (AvgIpc) is 3.17. The van der Waals surface area contributed by atoms with E-state index in [0.717, 1.165) is 34.7 Å². The van der Waals surface area contributed by atoms with Gasteiger partial charge in [-0.1, -0.05) is 19.1 Å². The molecule has 0 saturated heterocycles.